The molecule has 0 saturated carbocycles. The van der Waals surface area contributed by atoms with Crippen molar-refractivity contribution in [2.24, 2.45) is 0 Å². The number of unbranched alkanes of at least 4 members (excludes halogenated alkanes) is 5. The van der Waals surface area contributed by atoms with Crippen LogP contribution < -0.4 is 19.2 Å². The number of benzene rings is 4. The number of hydrogen-bond donors (Lipinski definition) is 2. The van der Waals surface area contributed by atoms with Crippen molar-refractivity contribution >= 4 is 54.6 Å². The van der Waals surface area contributed by atoms with Crippen molar-refractivity contribution in [3.63, 3.8) is 0 Å². The van der Waals surface area contributed by atoms with Crippen LogP contribution in [-0.4, -0.2) is 41.7 Å². The van der Waals surface area contributed by atoms with Crippen molar-refractivity contribution in [3.8, 4) is 0 Å². The van der Waals surface area contributed by atoms with Crippen molar-refractivity contribution in [1.29, 1.82) is 0 Å². The van der Waals surface area contributed by atoms with E-state index in [0.29, 0.717) is 50.1 Å². The lowest BCUT2D eigenvalue weighted by Gasteiger charge is -2.19. The number of nitrogens with one attached hydrogen (secondary N) is 2. The van der Waals surface area contributed by atoms with Gasteiger partial charge in [0.25, 0.3) is 20.0 Å². The zero-order valence-corrected chi connectivity index (χ0v) is 29.5. The lowest BCUT2D eigenvalue weighted by atomic mass is 10.1. The molecule has 2 aliphatic rings. The van der Waals surface area contributed by atoms with Crippen LogP contribution in [0.1, 0.15) is 62.5 Å². The Morgan fingerprint density at radius 1 is 0.500 bits per heavy atom. The van der Waals surface area contributed by atoms with Gasteiger partial charge in [-0.15, -0.1) is 0 Å². The molecule has 262 valence electrons. The molecule has 0 aromatic heterocycles. The molecular formula is C38H42N4O6S2. The first-order valence-electron chi connectivity index (χ1n) is 17.1. The summed E-state index contributed by atoms with van der Waals surface area (Å²) in [4.78, 5) is 25.3. The molecule has 10 nitrogen and oxygen atoms in total. The van der Waals surface area contributed by atoms with Crippen LogP contribution in [0.3, 0.4) is 0 Å². The van der Waals surface area contributed by atoms with Crippen LogP contribution in [0, 0.1) is 0 Å². The van der Waals surface area contributed by atoms with Gasteiger partial charge in [-0.25, -0.2) is 16.8 Å². The van der Waals surface area contributed by atoms with Gasteiger partial charge >= 0.3 is 0 Å². The van der Waals surface area contributed by atoms with E-state index in [2.05, 4.69) is 10.6 Å². The number of rotatable bonds is 15. The first-order valence-corrected chi connectivity index (χ1v) is 20.0. The maximum Gasteiger partial charge on any atom is 0.264 e. The number of carbonyl (C=O) groups excluding carboxylic acids is 2. The Bertz CT molecular complexity index is 1900. The number of amides is 2. The first kappa shape index (κ1) is 35.2. The third-order valence-electron chi connectivity index (χ3n) is 9.20. The number of anilines is 4. The zero-order valence-electron chi connectivity index (χ0n) is 27.9. The van der Waals surface area contributed by atoms with Crippen molar-refractivity contribution < 1.29 is 26.4 Å². The van der Waals surface area contributed by atoms with Crippen molar-refractivity contribution in [2.45, 2.75) is 74.0 Å². The van der Waals surface area contributed by atoms with Gasteiger partial charge in [0, 0.05) is 37.3 Å². The fourth-order valence-corrected chi connectivity index (χ4v) is 9.52. The van der Waals surface area contributed by atoms with Crippen LogP contribution in [0.4, 0.5) is 22.7 Å². The van der Waals surface area contributed by atoms with Crippen molar-refractivity contribution in [3.05, 3.63) is 108 Å². The second kappa shape index (κ2) is 15.5. The number of para-hydroxylation sites is 2. The second-order valence-corrected chi connectivity index (χ2v) is 16.4. The van der Waals surface area contributed by atoms with Gasteiger partial charge in [0.2, 0.25) is 11.8 Å². The fraction of sp³-hybridized carbons (Fsp3) is 0.316. The van der Waals surface area contributed by atoms with Crippen LogP contribution >= 0.6 is 0 Å². The van der Waals surface area contributed by atoms with E-state index >= 15 is 0 Å². The first-order chi connectivity index (χ1) is 24.1. The maximum atomic E-state index is 13.2. The maximum absolute atomic E-state index is 13.2. The van der Waals surface area contributed by atoms with Crippen molar-refractivity contribution in [2.75, 3.05) is 32.3 Å². The molecule has 0 aliphatic carbocycles. The van der Waals surface area contributed by atoms with Gasteiger partial charge in [-0.05, 0) is 97.5 Å². The lowest BCUT2D eigenvalue weighted by Crippen LogP contribution is -2.29. The van der Waals surface area contributed by atoms with Crippen LogP contribution in [0.2, 0.25) is 0 Å². The molecule has 0 atom stereocenters. The normalized spacial score (nSPS) is 13.9. The minimum absolute atomic E-state index is 0.113. The molecule has 4 aromatic carbocycles. The monoisotopic (exact) mass is 714 g/mol. The summed E-state index contributed by atoms with van der Waals surface area (Å²) in [5.41, 5.74) is 4.59. The van der Waals surface area contributed by atoms with Crippen LogP contribution in [-0.2, 0) is 42.5 Å². The number of carbonyl (C=O) groups is 2. The molecule has 6 rings (SSSR count). The largest absolute Gasteiger partial charge is 0.326 e. The summed E-state index contributed by atoms with van der Waals surface area (Å²) >= 11 is 0. The van der Waals surface area contributed by atoms with Crippen LogP contribution in [0.15, 0.2) is 107 Å². The molecule has 50 heavy (non-hydrogen) atoms. The van der Waals surface area contributed by atoms with E-state index in [4.69, 9.17) is 0 Å². The lowest BCUT2D eigenvalue weighted by molar-refractivity contribution is -0.117. The predicted octanol–water partition coefficient (Wildman–Crippen LogP) is 6.89. The second-order valence-electron chi connectivity index (χ2n) is 12.7. The van der Waals surface area contributed by atoms with E-state index in [1.165, 1.54) is 32.9 Å². The molecular weight excluding hydrogens is 673 g/mol. The molecule has 12 heteroatoms. The molecule has 2 heterocycles. The highest BCUT2D eigenvalue weighted by atomic mass is 32.2. The van der Waals surface area contributed by atoms with Crippen molar-refractivity contribution in [1.82, 2.24) is 0 Å². The standard InChI is InChI=1S/C38H42N4O6S2/c43-37(39-31-17-21-33(22-18-31)49(45,46)41-27-25-29-11-7-9-13-35(29)41)15-5-3-1-2-4-6-16-38(44)40-32-19-23-34(24-20-32)50(47,48)42-28-26-30-12-8-10-14-36(30)42/h7-14,17-24H,1-6,15-16,25-28H2,(H,39,43)(H,40,44). The summed E-state index contributed by atoms with van der Waals surface area (Å²) in [6.07, 6.45) is 7.30. The van der Waals surface area contributed by atoms with Gasteiger partial charge in [0.05, 0.1) is 21.2 Å². The van der Waals surface area contributed by atoms with Gasteiger partial charge in [0.15, 0.2) is 0 Å². The summed E-state index contributed by atoms with van der Waals surface area (Å²) in [6.45, 7) is 0.829. The van der Waals surface area contributed by atoms with Gasteiger partial charge in [-0.2, -0.15) is 0 Å². The van der Waals surface area contributed by atoms with Gasteiger partial charge in [-0.1, -0.05) is 62.1 Å². The summed E-state index contributed by atoms with van der Waals surface area (Å²) in [5.74, 6) is -0.226. The van der Waals surface area contributed by atoms with E-state index in [-0.39, 0.29) is 21.6 Å². The molecule has 0 spiro atoms. The average molecular weight is 715 g/mol. The molecule has 2 aliphatic heterocycles. The number of fused-ring (bicyclic) bond motifs is 2. The Balaban J connectivity index is 0.841. The van der Waals surface area contributed by atoms with E-state index in [0.717, 1.165) is 61.0 Å². The van der Waals surface area contributed by atoms with Crippen LogP contribution in [0.25, 0.3) is 0 Å². The fourth-order valence-electron chi connectivity index (χ4n) is 6.52. The quantitative estimate of drug-likeness (QED) is 0.129. The molecule has 2 N–H and O–H groups in total. The predicted molar refractivity (Wildman–Crippen MR) is 196 cm³/mol. The molecule has 0 unspecified atom stereocenters. The average Bonchev–Trinajstić information content (AvgIpc) is 3.76. The Morgan fingerprint density at radius 2 is 0.860 bits per heavy atom. The van der Waals surface area contributed by atoms with Gasteiger partial charge in [0.1, 0.15) is 0 Å². The van der Waals surface area contributed by atoms with Gasteiger partial charge < -0.3 is 10.6 Å². The topological polar surface area (TPSA) is 133 Å². The molecule has 0 bridgehead atoms. The molecule has 0 radical (unpaired) electrons. The van der Waals surface area contributed by atoms with E-state index in [1.807, 2.05) is 48.5 Å². The number of hydrogen-bond acceptors (Lipinski definition) is 6. The van der Waals surface area contributed by atoms with Gasteiger partial charge in [-0.3, -0.25) is 18.2 Å². The van der Waals surface area contributed by atoms with E-state index in [9.17, 15) is 26.4 Å². The molecule has 0 saturated heterocycles. The summed E-state index contributed by atoms with van der Waals surface area (Å²) in [6, 6.07) is 27.7. The third kappa shape index (κ3) is 8.03. The Labute approximate surface area is 294 Å². The summed E-state index contributed by atoms with van der Waals surface area (Å²) < 4.78 is 55.7. The minimum Gasteiger partial charge on any atom is -0.326 e. The third-order valence-corrected chi connectivity index (χ3v) is 12.9. The van der Waals surface area contributed by atoms with Crippen LogP contribution in [0.5, 0.6) is 0 Å². The highest BCUT2D eigenvalue weighted by Gasteiger charge is 2.31. The Hall–Kier alpha value is -4.68. The molecule has 2 amide bonds. The highest BCUT2D eigenvalue weighted by molar-refractivity contribution is 7.93. The molecule has 0 fully saturated rings. The molecule has 4 aromatic rings. The number of nitrogens with zero attached hydrogens (tertiary/aromatic N) is 2. The van der Waals surface area contributed by atoms with E-state index in [1.54, 1.807) is 24.3 Å². The Kier molecular flexibility index (Phi) is 10.9. The highest BCUT2D eigenvalue weighted by Crippen LogP contribution is 2.34. The minimum atomic E-state index is -3.68. The summed E-state index contributed by atoms with van der Waals surface area (Å²) in [5, 5.41) is 5.70. The van der Waals surface area contributed by atoms with E-state index < -0.39 is 20.0 Å². The SMILES string of the molecule is O=C(CCCCCCCCC(=O)Nc1ccc(S(=O)(=O)N2CCc3ccccc32)cc1)Nc1ccc(S(=O)(=O)N2CCc3ccccc32)cc1. The Morgan fingerprint density at radius 3 is 1.26 bits per heavy atom. The summed E-state index contributed by atoms with van der Waals surface area (Å²) in [7, 11) is -7.36. The number of sulfonamides is 2. The smallest absolute Gasteiger partial charge is 0.264 e. The zero-order chi connectivity index (χ0) is 35.1.